The third-order valence-electron chi connectivity index (χ3n) is 3.66. The van der Waals surface area contributed by atoms with Crippen molar-refractivity contribution in [3.63, 3.8) is 0 Å². The second kappa shape index (κ2) is 7.27. The lowest BCUT2D eigenvalue weighted by atomic mass is 10.1. The molecule has 0 aromatic heterocycles. The Morgan fingerprint density at radius 3 is 2.59 bits per heavy atom. The van der Waals surface area contributed by atoms with Crippen LogP contribution in [0.4, 0.5) is 0 Å². The second-order valence-corrected chi connectivity index (χ2v) is 5.65. The third kappa shape index (κ3) is 4.51. The van der Waals surface area contributed by atoms with Gasteiger partial charge in [-0.15, -0.1) is 0 Å². The highest BCUT2D eigenvalue weighted by molar-refractivity contribution is 7.81. The van der Waals surface area contributed by atoms with Crippen LogP contribution >= 0.6 is 12.6 Å². The lowest BCUT2D eigenvalue weighted by molar-refractivity contribution is -0.129. The van der Waals surface area contributed by atoms with E-state index in [9.17, 15) is 4.79 Å². The van der Waals surface area contributed by atoms with Gasteiger partial charge in [-0.1, -0.05) is 13.8 Å². The van der Waals surface area contributed by atoms with E-state index in [0.717, 1.165) is 32.6 Å². The van der Waals surface area contributed by atoms with Crippen molar-refractivity contribution in [2.45, 2.75) is 51.3 Å². The molecule has 2 unspecified atom stereocenters. The maximum atomic E-state index is 11.7. The van der Waals surface area contributed by atoms with Gasteiger partial charge in [0.15, 0.2) is 0 Å². The van der Waals surface area contributed by atoms with Crippen LogP contribution in [-0.4, -0.2) is 53.2 Å². The summed E-state index contributed by atoms with van der Waals surface area (Å²) in [5.41, 5.74) is 0. The molecule has 0 radical (unpaired) electrons. The molecule has 1 fully saturated rings. The molecule has 0 aromatic carbocycles. The Balaban J connectivity index is 2.25. The fourth-order valence-electron chi connectivity index (χ4n) is 2.44. The number of likely N-dealkylation sites (tertiary alicyclic amines) is 1. The predicted octanol–water partition coefficient (Wildman–Crippen LogP) is 2.03. The minimum Gasteiger partial charge on any atom is -0.339 e. The standard InChI is InChI=1S/C13H26N2OS/c1-4-14(5-2)8-6-7-11(3)15-10-12(17)9-13(15)16/h11-12,17H,4-10H2,1-3H3. The summed E-state index contributed by atoms with van der Waals surface area (Å²) < 4.78 is 0. The van der Waals surface area contributed by atoms with Crippen LogP contribution in [0.2, 0.25) is 0 Å². The summed E-state index contributed by atoms with van der Waals surface area (Å²) in [6.45, 7) is 10.8. The van der Waals surface area contributed by atoms with Crippen molar-refractivity contribution in [1.82, 2.24) is 9.80 Å². The van der Waals surface area contributed by atoms with Crippen LogP contribution in [-0.2, 0) is 4.79 Å². The number of hydrogen-bond donors (Lipinski definition) is 1. The summed E-state index contributed by atoms with van der Waals surface area (Å²) in [7, 11) is 0. The van der Waals surface area contributed by atoms with E-state index < -0.39 is 0 Å². The van der Waals surface area contributed by atoms with Gasteiger partial charge in [0.25, 0.3) is 0 Å². The van der Waals surface area contributed by atoms with Crippen molar-refractivity contribution < 1.29 is 4.79 Å². The summed E-state index contributed by atoms with van der Waals surface area (Å²) in [5, 5.41) is 0.243. The molecule has 0 spiro atoms. The second-order valence-electron chi connectivity index (χ2n) is 4.92. The lowest BCUT2D eigenvalue weighted by Gasteiger charge is -2.26. The Hall–Kier alpha value is -0.220. The predicted molar refractivity (Wildman–Crippen MR) is 75.6 cm³/mol. The van der Waals surface area contributed by atoms with E-state index in [2.05, 4.69) is 38.3 Å². The van der Waals surface area contributed by atoms with E-state index in [4.69, 9.17) is 0 Å². The number of carbonyl (C=O) groups is 1. The van der Waals surface area contributed by atoms with Crippen molar-refractivity contribution in [1.29, 1.82) is 0 Å². The van der Waals surface area contributed by atoms with Gasteiger partial charge < -0.3 is 9.80 Å². The maximum Gasteiger partial charge on any atom is 0.224 e. The van der Waals surface area contributed by atoms with Gasteiger partial charge >= 0.3 is 0 Å². The van der Waals surface area contributed by atoms with Crippen LogP contribution in [0, 0.1) is 0 Å². The molecule has 1 amide bonds. The van der Waals surface area contributed by atoms with Gasteiger partial charge in [0.05, 0.1) is 0 Å². The van der Waals surface area contributed by atoms with E-state index in [0.29, 0.717) is 12.5 Å². The van der Waals surface area contributed by atoms with Gasteiger partial charge in [-0.25, -0.2) is 0 Å². The molecule has 1 aliphatic heterocycles. The Labute approximate surface area is 111 Å². The molecule has 1 aliphatic rings. The molecular weight excluding hydrogens is 232 g/mol. The molecule has 1 heterocycles. The molecule has 2 atom stereocenters. The number of nitrogens with zero attached hydrogens (tertiary/aromatic N) is 2. The topological polar surface area (TPSA) is 23.6 Å². The number of thiol groups is 1. The summed E-state index contributed by atoms with van der Waals surface area (Å²) in [5.74, 6) is 0.278. The van der Waals surface area contributed by atoms with Crippen LogP contribution in [0.15, 0.2) is 0 Å². The van der Waals surface area contributed by atoms with Crippen molar-refractivity contribution in [2.24, 2.45) is 0 Å². The highest BCUT2D eigenvalue weighted by Crippen LogP contribution is 2.20. The van der Waals surface area contributed by atoms with Crippen molar-refractivity contribution in [2.75, 3.05) is 26.2 Å². The molecule has 3 nitrogen and oxygen atoms in total. The van der Waals surface area contributed by atoms with Gasteiger partial charge in [0.1, 0.15) is 0 Å². The zero-order valence-electron chi connectivity index (χ0n) is 11.4. The zero-order valence-corrected chi connectivity index (χ0v) is 12.2. The monoisotopic (exact) mass is 258 g/mol. The quantitative estimate of drug-likeness (QED) is 0.706. The summed E-state index contributed by atoms with van der Waals surface area (Å²) in [6.07, 6.45) is 2.89. The fraction of sp³-hybridized carbons (Fsp3) is 0.923. The molecule has 1 saturated heterocycles. The third-order valence-corrected chi connectivity index (χ3v) is 4.01. The molecule has 100 valence electrons. The first-order valence-corrected chi connectivity index (χ1v) is 7.30. The average Bonchev–Trinajstić information content (AvgIpc) is 2.64. The van der Waals surface area contributed by atoms with Crippen molar-refractivity contribution >= 4 is 18.5 Å². The largest absolute Gasteiger partial charge is 0.339 e. The highest BCUT2D eigenvalue weighted by Gasteiger charge is 2.30. The molecule has 1 rings (SSSR count). The fourth-order valence-corrected chi connectivity index (χ4v) is 2.78. The average molecular weight is 258 g/mol. The van der Waals surface area contributed by atoms with Gasteiger partial charge in [0.2, 0.25) is 5.91 Å². The van der Waals surface area contributed by atoms with E-state index in [1.54, 1.807) is 0 Å². The SMILES string of the molecule is CCN(CC)CCCC(C)N1CC(S)CC1=O. The molecular formula is C13H26N2OS. The first kappa shape index (κ1) is 14.8. The Kier molecular flexibility index (Phi) is 6.34. The lowest BCUT2D eigenvalue weighted by Crippen LogP contribution is -2.35. The number of hydrogen-bond acceptors (Lipinski definition) is 3. The molecule has 4 heteroatoms. The van der Waals surface area contributed by atoms with E-state index in [-0.39, 0.29) is 11.2 Å². The minimum atomic E-state index is 0.243. The van der Waals surface area contributed by atoms with E-state index >= 15 is 0 Å². The molecule has 0 saturated carbocycles. The Bertz CT molecular complexity index is 244. The zero-order chi connectivity index (χ0) is 12.8. The summed E-state index contributed by atoms with van der Waals surface area (Å²) in [4.78, 5) is 16.1. The highest BCUT2D eigenvalue weighted by atomic mass is 32.1. The molecule has 0 aliphatic carbocycles. The maximum absolute atomic E-state index is 11.7. The Morgan fingerprint density at radius 2 is 2.12 bits per heavy atom. The number of rotatable bonds is 7. The molecule has 17 heavy (non-hydrogen) atoms. The van der Waals surface area contributed by atoms with Crippen LogP contribution in [0.3, 0.4) is 0 Å². The van der Waals surface area contributed by atoms with Crippen molar-refractivity contribution in [3.8, 4) is 0 Å². The van der Waals surface area contributed by atoms with Crippen LogP contribution in [0.1, 0.15) is 40.0 Å². The van der Waals surface area contributed by atoms with Crippen molar-refractivity contribution in [3.05, 3.63) is 0 Å². The van der Waals surface area contributed by atoms with Gasteiger partial charge in [-0.2, -0.15) is 12.6 Å². The molecule has 0 aromatic rings. The van der Waals surface area contributed by atoms with Crippen LogP contribution < -0.4 is 0 Å². The van der Waals surface area contributed by atoms with Crippen LogP contribution in [0.25, 0.3) is 0 Å². The summed E-state index contributed by atoms with van der Waals surface area (Å²) in [6, 6.07) is 0.371. The van der Waals surface area contributed by atoms with Gasteiger partial charge in [-0.3, -0.25) is 4.79 Å². The molecule has 0 bridgehead atoms. The van der Waals surface area contributed by atoms with Gasteiger partial charge in [-0.05, 0) is 39.4 Å². The number of amides is 1. The molecule has 0 N–H and O–H groups in total. The number of carbonyl (C=O) groups excluding carboxylic acids is 1. The minimum absolute atomic E-state index is 0.243. The van der Waals surface area contributed by atoms with E-state index in [1.807, 2.05) is 4.90 Å². The summed E-state index contributed by atoms with van der Waals surface area (Å²) >= 11 is 4.39. The first-order chi connectivity index (χ1) is 8.08. The van der Waals surface area contributed by atoms with Gasteiger partial charge in [0, 0.05) is 24.3 Å². The Morgan fingerprint density at radius 1 is 1.47 bits per heavy atom. The normalized spacial score (nSPS) is 22.5. The first-order valence-electron chi connectivity index (χ1n) is 6.78. The smallest absolute Gasteiger partial charge is 0.224 e. The van der Waals surface area contributed by atoms with E-state index in [1.165, 1.54) is 6.42 Å². The van der Waals surface area contributed by atoms with Crippen LogP contribution in [0.5, 0.6) is 0 Å².